The summed E-state index contributed by atoms with van der Waals surface area (Å²) in [6.07, 6.45) is 1.43. The molecule has 0 amide bonds. The zero-order valence-electron chi connectivity index (χ0n) is 12.2. The van der Waals surface area contributed by atoms with E-state index < -0.39 is 5.97 Å². The molecule has 4 nitrogen and oxygen atoms in total. The van der Waals surface area contributed by atoms with Gasteiger partial charge in [0.15, 0.2) is 0 Å². The van der Waals surface area contributed by atoms with Crippen LogP contribution in [0.1, 0.15) is 21.7 Å². The smallest absolute Gasteiger partial charge is 0.374 e. The molecule has 0 bridgehead atoms. The first-order valence-electron chi connectivity index (χ1n) is 7.07. The summed E-state index contributed by atoms with van der Waals surface area (Å²) >= 11 is 0. The second-order valence-electron chi connectivity index (χ2n) is 4.91. The lowest BCUT2D eigenvalue weighted by Gasteiger charge is -2.06. The Labute approximate surface area is 133 Å². The second kappa shape index (κ2) is 6.63. The molecule has 1 heterocycles. The summed E-state index contributed by atoms with van der Waals surface area (Å²) in [5.41, 5.74) is 3.32. The first-order chi connectivity index (χ1) is 11.3. The van der Waals surface area contributed by atoms with Crippen molar-refractivity contribution in [3.8, 4) is 17.2 Å². The van der Waals surface area contributed by atoms with E-state index in [0.29, 0.717) is 5.56 Å². The third kappa shape index (κ3) is 3.30. The number of hydrogen-bond donors (Lipinski definition) is 0. The highest BCUT2D eigenvalue weighted by molar-refractivity contribution is 5.86. The van der Waals surface area contributed by atoms with Gasteiger partial charge in [-0.1, -0.05) is 42.5 Å². The summed E-state index contributed by atoms with van der Waals surface area (Å²) in [6.45, 7) is 0.166. The van der Waals surface area contributed by atoms with Crippen molar-refractivity contribution in [2.75, 3.05) is 0 Å². The Hall–Kier alpha value is -3.32. The fourth-order valence-electron chi connectivity index (χ4n) is 2.23. The Morgan fingerprint density at radius 3 is 2.52 bits per heavy atom. The van der Waals surface area contributed by atoms with Crippen molar-refractivity contribution in [2.24, 2.45) is 0 Å². The van der Waals surface area contributed by atoms with Gasteiger partial charge in [-0.15, -0.1) is 0 Å². The molecular weight excluding hydrogens is 290 g/mol. The minimum atomic E-state index is -0.492. The van der Waals surface area contributed by atoms with Crippen molar-refractivity contribution in [2.45, 2.75) is 6.61 Å². The number of esters is 1. The van der Waals surface area contributed by atoms with Gasteiger partial charge in [0.1, 0.15) is 6.61 Å². The largest absolute Gasteiger partial charge is 0.457 e. The summed E-state index contributed by atoms with van der Waals surface area (Å²) in [7, 11) is 0. The maximum atomic E-state index is 11.7. The number of hydrogen-bond acceptors (Lipinski definition) is 4. The van der Waals surface area contributed by atoms with Crippen LogP contribution in [0, 0.1) is 11.3 Å². The lowest BCUT2D eigenvalue weighted by atomic mass is 9.99. The molecule has 0 aliphatic heterocycles. The highest BCUT2D eigenvalue weighted by atomic mass is 16.5. The SMILES string of the molecule is N#Cc1ccccc1-c1ccc(COC(=O)c2ccco2)cc1. The van der Waals surface area contributed by atoms with Crippen LogP contribution in [0.5, 0.6) is 0 Å². The van der Waals surface area contributed by atoms with Gasteiger partial charge in [0, 0.05) is 0 Å². The van der Waals surface area contributed by atoms with E-state index in [0.717, 1.165) is 16.7 Å². The molecule has 0 saturated heterocycles. The molecule has 0 saturated carbocycles. The van der Waals surface area contributed by atoms with Gasteiger partial charge in [0.05, 0.1) is 17.9 Å². The van der Waals surface area contributed by atoms with Gasteiger partial charge in [-0.3, -0.25) is 0 Å². The topological polar surface area (TPSA) is 63.2 Å². The number of rotatable bonds is 4. The van der Waals surface area contributed by atoms with Crippen molar-refractivity contribution in [3.63, 3.8) is 0 Å². The summed E-state index contributed by atoms with van der Waals surface area (Å²) in [5, 5.41) is 9.15. The van der Waals surface area contributed by atoms with E-state index in [1.165, 1.54) is 6.26 Å². The normalized spacial score (nSPS) is 10.0. The third-order valence-electron chi connectivity index (χ3n) is 3.40. The lowest BCUT2D eigenvalue weighted by molar-refractivity contribution is 0.0436. The van der Waals surface area contributed by atoms with Crippen LogP contribution < -0.4 is 0 Å². The van der Waals surface area contributed by atoms with E-state index in [1.54, 1.807) is 18.2 Å². The molecule has 0 N–H and O–H groups in total. The van der Waals surface area contributed by atoms with Crippen molar-refractivity contribution < 1.29 is 13.9 Å². The van der Waals surface area contributed by atoms with Crippen LogP contribution in [0.15, 0.2) is 71.3 Å². The summed E-state index contributed by atoms with van der Waals surface area (Å²) in [6, 6.07) is 20.4. The number of benzene rings is 2. The average Bonchev–Trinajstić information content (AvgIpc) is 3.15. The Morgan fingerprint density at radius 2 is 1.83 bits per heavy atom. The standard InChI is InChI=1S/C19H13NO3/c20-12-16-4-1-2-5-17(16)15-9-7-14(8-10-15)13-23-19(21)18-6-3-11-22-18/h1-11H,13H2. The van der Waals surface area contributed by atoms with Crippen molar-refractivity contribution in [1.82, 2.24) is 0 Å². The van der Waals surface area contributed by atoms with Gasteiger partial charge in [0.25, 0.3) is 0 Å². The van der Waals surface area contributed by atoms with Crippen molar-refractivity contribution in [1.29, 1.82) is 5.26 Å². The molecule has 2 aromatic carbocycles. The second-order valence-corrected chi connectivity index (χ2v) is 4.91. The van der Waals surface area contributed by atoms with Gasteiger partial charge in [-0.05, 0) is 34.9 Å². The summed E-state index contributed by atoms with van der Waals surface area (Å²) < 4.78 is 10.2. The van der Waals surface area contributed by atoms with E-state index in [9.17, 15) is 4.79 Å². The molecule has 3 aromatic rings. The fourth-order valence-corrected chi connectivity index (χ4v) is 2.23. The minimum absolute atomic E-state index is 0.166. The van der Waals surface area contributed by atoms with Crippen molar-refractivity contribution >= 4 is 5.97 Å². The van der Waals surface area contributed by atoms with Crippen LogP contribution in [-0.4, -0.2) is 5.97 Å². The first-order valence-corrected chi connectivity index (χ1v) is 7.07. The van der Waals surface area contributed by atoms with E-state index in [2.05, 4.69) is 6.07 Å². The zero-order valence-corrected chi connectivity index (χ0v) is 12.2. The molecule has 1 aromatic heterocycles. The molecule has 3 rings (SSSR count). The van der Waals surface area contributed by atoms with Gasteiger partial charge in [-0.25, -0.2) is 4.79 Å². The Balaban J connectivity index is 1.70. The molecule has 4 heteroatoms. The van der Waals surface area contributed by atoms with Crippen LogP contribution in [-0.2, 0) is 11.3 Å². The van der Waals surface area contributed by atoms with Crippen LogP contribution in [0.4, 0.5) is 0 Å². The van der Waals surface area contributed by atoms with Crippen LogP contribution in [0.3, 0.4) is 0 Å². The molecule has 0 unspecified atom stereocenters. The van der Waals surface area contributed by atoms with Gasteiger partial charge >= 0.3 is 5.97 Å². The van der Waals surface area contributed by atoms with E-state index in [-0.39, 0.29) is 12.4 Å². The molecular formula is C19H13NO3. The Kier molecular flexibility index (Phi) is 4.21. The van der Waals surface area contributed by atoms with Crippen LogP contribution in [0.2, 0.25) is 0 Å². The quantitative estimate of drug-likeness (QED) is 0.678. The monoisotopic (exact) mass is 303 g/mol. The minimum Gasteiger partial charge on any atom is -0.457 e. The maximum Gasteiger partial charge on any atom is 0.374 e. The van der Waals surface area contributed by atoms with Crippen molar-refractivity contribution in [3.05, 3.63) is 83.8 Å². The number of carbonyl (C=O) groups excluding carboxylic acids is 1. The maximum absolute atomic E-state index is 11.7. The molecule has 0 radical (unpaired) electrons. The predicted molar refractivity (Wildman–Crippen MR) is 84.4 cm³/mol. The van der Waals surface area contributed by atoms with Gasteiger partial charge in [-0.2, -0.15) is 5.26 Å². The fraction of sp³-hybridized carbons (Fsp3) is 0.0526. The molecule has 0 aliphatic rings. The van der Waals surface area contributed by atoms with E-state index in [1.807, 2.05) is 42.5 Å². The zero-order chi connectivity index (χ0) is 16.1. The number of nitrogens with zero attached hydrogens (tertiary/aromatic N) is 1. The Morgan fingerprint density at radius 1 is 1.04 bits per heavy atom. The lowest BCUT2D eigenvalue weighted by Crippen LogP contribution is -2.03. The highest BCUT2D eigenvalue weighted by Crippen LogP contribution is 2.23. The van der Waals surface area contributed by atoms with Crippen LogP contribution in [0.25, 0.3) is 11.1 Å². The molecule has 0 atom stereocenters. The number of ether oxygens (including phenoxy) is 1. The number of nitriles is 1. The Bertz CT molecular complexity index is 843. The van der Waals surface area contributed by atoms with Gasteiger partial charge in [0.2, 0.25) is 5.76 Å². The number of carbonyl (C=O) groups is 1. The molecule has 23 heavy (non-hydrogen) atoms. The average molecular weight is 303 g/mol. The van der Waals surface area contributed by atoms with Crippen LogP contribution >= 0.6 is 0 Å². The third-order valence-corrected chi connectivity index (χ3v) is 3.40. The first kappa shape index (κ1) is 14.6. The predicted octanol–water partition coefficient (Wildman–Crippen LogP) is 4.18. The summed E-state index contributed by atoms with van der Waals surface area (Å²) in [5.74, 6) is -0.307. The van der Waals surface area contributed by atoms with E-state index in [4.69, 9.17) is 14.4 Å². The highest BCUT2D eigenvalue weighted by Gasteiger charge is 2.10. The molecule has 0 aliphatic carbocycles. The molecule has 0 spiro atoms. The summed E-state index contributed by atoms with van der Waals surface area (Å²) in [4.78, 5) is 11.7. The number of furan rings is 1. The van der Waals surface area contributed by atoms with E-state index >= 15 is 0 Å². The molecule has 0 fully saturated rings. The molecule has 112 valence electrons. The van der Waals surface area contributed by atoms with Gasteiger partial charge < -0.3 is 9.15 Å².